The quantitative estimate of drug-likeness (QED) is 0.855. The summed E-state index contributed by atoms with van der Waals surface area (Å²) in [6.07, 6.45) is 7.09. The minimum absolute atomic E-state index is 0.439. The summed E-state index contributed by atoms with van der Waals surface area (Å²) in [4.78, 5) is 9.35. The minimum Gasteiger partial charge on any atom is -0.373 e. The van der Waals surface area contributed by atoms with Crippen LogP contribution in [0, 0.1) is 12.3 Å². The zero-order valence-electron chi connectivity index (χ0n) is 14.2. The Labute approximate surface area is 129 Å². The van der Waals surface area contributed by atoms with Crippen LogP contribution in [0.25, 0.3) is 0 Å². The molecule has 0 amide bonds. The van der Waals surface area contributed by atoms with Gasteiger partial charge in [-0.25, -0.2) is 9.97 Å². The fourth-order valence-corrected chi connectivity index (χ4v) is 3.30. The number of rotatable bonds is 5. The summed E-state index contributed by atoms with van der Waals surface area (Å²) in [5.74, 6) is 2.90. The van der Waals surface area contributed by atoms with Gasteiger partial charge in [0.05, 0.1) is 0 Å². The van der Waals surface area contributed by atoms with E-state index in [-0.39, 0.29) is 0 Å². The van der Waals surface area contributed by atoms with Crippen molar-refractivity contribution in [2.75, 3.05) is 17.7 Å². The van der Waals surface area contributed by atoms with Gasteiger partial charge in [0.2, 0.25) is 0 Å². The smallest absolute Gasteiger partial charge is 0.134 e. The summed E-state index contributed by atoms with van der Waals surface area (Å²) < 4.78 is 0. The van der Waals surface area contributed by atoms with Gasteiger partial charge >= 0.3 is 0 Å². The molecule has 2 rings (SSSR count). The molecule has 0 aliphatic heterocycles. The van der Waals surface area contributed by atoms with E-state index in [0.717, 1.165) is 35.9 Å². The van der Waals surface area contributed by atoms with Gasteiger partial charge in [-0.2, -0.15) is 0 Å². The Hall–Kier alpha value is -1.32. The highest BCUT2D eigenvalue weighted by molar-refractivity contribution is 5.57. The van der Waals surface area contributed by atoms with Gasteiger partial charge in [0.25, 0.3) is 0 Å². The molecule has 4 nitrogen and oxygen atoms in total. The summed E-state index contributed by atoms with van der Waals surface area (Å²) in [6, 6.07) is 0.529. The largest absolute Gasteiger partial charge is 0.373 e. The first-order valence-corrected chi connectivity index (χ1v) is 8.27. The molecule has 0 saturated heterocycles. The first-order valence-electron chi connectivity index (χ1n) is 8.27. The molecule has 1 aromatic rings. The first kappa shape index (κ1) is 16.1. The molecule has 2 N–H and O–H groups in total. The molecule has 1 fully saturated rings. The number of aromatic nitrogens is 2. The molecule has 1 atom stereocenters. The Morgan fingerprint density at radius 3 is 2.57 bits per heavy atom. The summed E-state index contributed by atoms with van der Waals surface area (Å²) >= 11 is 0. The highest BCUT2D eigenvalue weighted by Crippen LogP contribution is 2.36. The van der Waals surface area contributed by atoms with Crippen LogP contribution in [0.3, 0.4) is 0 Å². The van der Waals surface area contributed by atoms with Crippen LogP contribution in [0.4, 0.5) is 11.6 Å². The van der Waals surface area contributed by atoms with Crippen LogP contribution in [0.2, 0.25) is 0 Å². The molecule has 0 spiro atoms. The summed E-state index contributed by atoms with van der Waals surface area (Å²) in [7, 11) is 1.93. The molecule has 0 bridgehead atoms. The van der Waals surface area contributed by atoms with Crippen LogP contribution in [0.15, 0.2) is 0 Å². The molecule has 1 saturated carbocycles. The molecule has 0 aromatic carbocycles. The third-order valence-corrected chi connectivity index (χ3v) is 4.45. The van der Waals surface area contributed by atoms with Gasteiger partial charge in [-0.1, -0.05) is 27.2 Å². The normalized spacial score (nSPS) is 21.1. The van der Waals surface area contributed by atoms with Crippen molar-refractivity contribution in [2.24, 2.45) is 5.41 Å². The lowest BCUT2D eigenvalue weighted by molar-refractivity contribution is 0.229. The predicted molar refractivity (Wildman–Crippen MR) is 90.0 cm³/mol. The summed E-state index contributed by atoms with van der Waals surface area (Å²) in [5.41, 5.74) is 1.57. The number of hydrogen-bond donors (Lipinski definition) is 2. The number of nitrogens with zero attached hydrogens (tertiary/aromatic N) is 2. The Bertz CT molecular complexity index is 482. The van der Waals surface area contributed by atoms with Crippen LogP contribution in [-0.2, 0) is 6.42 Å². The van der Waals surface area contributed by atoms with Gasteiger partial charge in [-0.3, -0.25) is 0 Å². The van der Waals surface area contributed by atoms with Crippen molar-refractivity contribution < 1.29 is 0 Å². The Morgan fingerprint density at radius 2 is 1.95 bits per heavy atom. The lowest BCUT2D eigenvalue weighted by Crippen LogP contribution is -2.32. The van der Waals surface area contributed by atoms with Crippen molar-refractivity contribution in [3.63, 3.8) is 0 Å². The Kier molecular flexibility index (Phi) is 5.07. The van der Waals surface area contributed by atoms with Crippen LogP contribution >= 0.6 is 0 Å². The zero-order valence-corrected chi connectivity index (χ0v) is 14.2. The van der Waals surface area contributed by atoms with Gasteiger partial charge in [0, 0.05) is 25.1 Å². The molecule has 1 unspecified atom stereocenters. The van der Waals surface area contributed by atoms with Gasteiger partial charge in [0.1, 0.15) is 17.5 Å². The average Bonchev–Trinajstić information content (AvgIpc) is 2.41. The number of anilines is 2. The van der Waals surface area contributed by atoms with E-state index in [2.05, 4.69) is 43.3 Å². The lowest BCUT2D eigenvalue weighted by Gasteiger charge is -2.36. The van der Waals surface area contributed by atoms with E-state index in [9.17, 15) is 0 Å². The number of hydrogen-bond acceptors (Lipinski definition) is 4. The SMILES string of the molecule is CCCc1nc(NC)c(C)c(NC2CCCC(C)(C)C2)n1. The third-order valence-electron chi connectivity index (χ3n) is 4.45. The van der Waals surface area contributed by atoms with Gasteiger partial charge < -0.3 is 10.6 Å². The zero-order chi connectivity index (χ0) is 15.5. The van der Waals surface area contributed by atoms with Crippen LogP contribution in [0.1, 0.15) is 64.3 Å². The Morgan fingerprint density at radius 1 is 1.24 bits per heavy atom. The van der Waals surface area contributed by atoms with Gasteiger partial charge in [-0.15, -0.1) is 0 Å². The van der Waals surface area contributed by atoms with E-state index in [1.807, 2.05) is 7.05 Å². The molecular formula is C17H30N4. The van der Waals surface area contributed by atoms with E-state index < -0.39 is 0 Å². The topological polar surface area (TPSA) is 49.8 Å². The van der Waals surface area contributed by atoms with Crippen molar-refractivity contribution in [3.05, 3.63) is 11.4 Å². The summed E-state index contributed by atoms with van der Waals surface area (Å²) in [5, 5.41) is 6.88. The fourth-order valence-electron chi connectivity index (χ4n) is 3.30. The second-order valence-corrected chi connectivity index (χ2v) is 7.06. The maximum atomic E-state index is 4.75. The molecule has 1 heterocycles. The molecule has 1 aliphatic rings. The third kappa shape index (κ3) is 4.08. The second kappa shape index (κ2) is 6.63. The second-order valence-electron chi connectivity index (χ2n) is 7.06. The molecule has 1 aromatic heterocycles. The van der Waals surface area contributed by atoms with Crippen molar-refractivity contribution in [1.82, 2.24) is 9.97 Å². The highest BCUT2D eigenvalue weighted by Gasteiger charge is 2.28. The van der Waals surface area contributed by atoms with Crippen molar-refractivity contribution in [1.29, 1.82) is 0 Å². The van der Waals surface area contributed by atoms with Gasteiger partial charge in [0.15, 0.2) is 0 Å². The minimum atomic E-state index is 0.439. The summed E-state index contributed by atoms with van der Waals surface area (Å²) in [6.45, 7) is 9.00. The van der Waals surface area contributed by atoms with Gasteiger partial charge in [-0.05, 0) is 38.0 Å². The van der Waals surface area contributed by atoms with Crippen molar-refractivity contribution in [3.8, 4) is 0 Å². The first-order chi connectivity index (χ1) is 9.95. The monoisotopic (exact) mass is 290 g/mol. The van der Waals surface area contributed by atoms with E-state index in [1.165, 1.54) is 25.7 Å². The fraction of sp³-hybridized carbons (Fsp3) is 0.765. The number of aryl methyl sites for hydroxylation is 1. The number of nitrogens with one attached hydrogen (secondary N) is 2. The van der Waals surface area contributed by atoms with Crippen molar-refractivity contribution >= 4 is 11.6 Å². The lowest BCUT2D eigenvalue weighted by atomic mass is 9.75. The maximum Gasteiger partial charge on any atom is 0.134 e. The highest BCUT2D eigenvalue weighted by atomic mass is 15.1. The van der Waals surface area contributed by atoms with Crippen LogP contribution < -0.4 is 10.6 Å². The van der Waals surface area contributed by atoms with E-state index in [0.29, 0.717) is 11.5 Å². The molecule has 4 heteroatoms. The predicted octanol–water partition coefficient (Wildman–Crippen LogP) is 4.16. The van der Waals surface area contributed by atoms with E-state index in [1.54, 1.807) is 0 Å². The molecule has 1 aliphatic carbocycles. The van der Waals surface area contributed by atoms with Crippen molar-refractivity contribution in [2.45, 2.75) is 72.3 Å². The average molecular weight is 290 g/mol. The molecule has 21 heavy (non-hydrogen) atoms. The standard InChI is InChI=1S/C17H30N4/c1-6-8-14-20-15(18-5)12(2)16(21-14)19-13-9-7-10-17(3,4)11-13/h13H,6-11H2,1-5H3,(H2,18,19,20,21). The maximum absolute atomic E-state index is 4.75. The van der Waals surface area contributed by atoms with Crippen LogP contribution in [0.5, 0.6) is 0 Å². The Balaban J connectivity index is 2.20. The van der Waals surface area contributed by atoms with E-state index in [4.69, 9.17) is 4.98 Å². The molecule has 118 valence electrons. The molecule has 0 radical (unpaired) electrons. The molecular weight excluding hydrogens is 260 g/mol. The van der Waals surface area contributed by atoms with Crippen LogP contribution in [-0.4, -0.2) is 23.1 Å². The van der Waals surface area contributed by atoms with E-state index >= 15 is 0 Å².